The molecular formula is C15H18. The monoisotopic (exact) mass is 198 g/mol. The van der Waals surface area contributed by atoms with E-state index in [0.29, 0.717) is 0 Å². The Kier molecular flexibility index (Phi) is 4.62. The van der Waals surface area contributed by atoms with Crippen molar-refractivity contribution >= 4 is 5.57 Å². The Morgan fingerprint density at radius 3 is 2.80 bits per heavy atom. The molecule has 1 aromatic carbocycles. The molecule has 0 saturated carbocycles. The first-order chi connectivity index (χ1) is 7.31. The largest absolute Gasteiger partial charge is 0.0991 e. The van der Waals surface area contributed by atoms with Crippen molar-refractivity contribution < 1.29 is 0 Å². The topological polar surface area (TPSA) is 0 Å². The van der Waals surface area contributed by atoms with Gasteiger partial charge in [0.25, 0.3) is 0 Å². The maximum atomic E-state index is 3.68. The molecule has 1 rings (SSSR count). The van der Waals surface area contributed by atoms with Crippen molar-refractivity contribution in [2.75, 3.05) is 0 Å². The van der Waals surface area contributed by atoms with Gasteiger partial charge >= 0.3 is 0 Å². The van der Waals surface area contributed by atoms with Crippen LogP contribution < -0.4 is 0 Å². The van der Waals surface area contributed by atoms with Crippen molar-refractivity contribution in [3.05, 3.63) is 66.3 Å². The van der Waals surface area contributed by atoms with Crippen molar-refractivity contribution in [1.82, 2.24) is 0 Å². The fourth-order valence-electron chi connectivity index (χ4n) is 1.50. The van der Waals surface area contributed by atoms with Gasteiger partial charge in [-0.2, -0.15) is 0 Å². The molecule has 0 fully saturated rings. The van der Waals surface area contributed by atoms with E-state index in [9.17, 15) is 0 Å². The van der Waals surface area contributed by atoms with Crippen LogP contribution in [0.15, 0.2) is 55.1 Å². The Morgan fingerprint density at radius 1 is 1.40 bits per heavy atom. The molecule has 1 aromatic rings. The third kappa shape index (κ3) is 3.25. The quantitative estimate of drug-likeness (QED) is 0.629. The van der Waals surface area contributed by atoms with E-state index < -0.39 is 0 Å². The van der Waals surface area contributed by atoms with Crippen LogP contribution in [0.1, 0.15) is 25.0 Å². The summed E-state index contributed by atoms with van der Waals surface area (Å²) in [6.07, 6.45) is 9.05. The highest BCUT2D eigenvalue weighted by atomic mass is 14.0. The summed E-state index contributed by atoms with van der Waals surface area (Å²) in [5.74, 6) is 0. The van der Waals surface area contributed by atoms with Crippen LogP contribution in [-0.4, -0.2) is 0 Å². The summed E-state index contributed by atoms with van der Waals surface area (Å²) in [5.41, 5.74) is 3.89. The molecule has 0 atom stereocenters. The molecule has 78 valence electrons. The molecule has 15 heavy (non-hydrogen) atoms. The van der Waals surface area contributed by atoms with Crippen molar-refractivity contribution in [1.29, 1.82) is 0 Å². The van der Waals surface area contributed by atoms with Crippen LogP contribution in [0.4, 0.5) is 0 Å². The number of rotatable bonds is 4. The van der Waals surface area contributed by atoms with E-state index >= 15 is 0 Å². The van der Waals surface area contributed by atoms with Gasteiger partial charge < -0.3 is 0 Å². The molecule has 0 heterocycles. The molecule has 0 heteroatoms. The number of allylic oxidation sites excluding steroid dienone is 5. The summed E-state index contributed by atoms with van der Waals surface area (Å²) in [6, 6.07) is 8.65. The van der Waals surface area contributed by atoms with Gasteiger partial charge in [0.05, 0.1) is 0 Å². The molecule has 0 aliphatic rings. The molecule has 0 saturated heterocycles. The first-order valence-electron chi connectivity index (χ1n) is 5.36. The molecule has 0 amide bonds. The smallest absolute Gasteiger partial charge is 0.0185 e. The minimum atomic E-state index is 1.08. The van der Waals surface area contributed by atoms with Crippen molar-refractivity contribution in [3.63, 3.8) is 0 Å². The predicted octanol–water partition coefficient (Wildman–Crippen LogP) is 4.39. The van der Waals surface area contributed by atoms with Gasteiger partial charge in [-0.05, 0) is 30.0 Å². The minimum Gasteiger partial charge on any atom is -0.0991 e. The molecule has 0 aliphatic heterocycles. The molecule has 0 N–H and O–H groups in total. The molecule has 0 spiro atoms. The van der Waals surface area contributed by atoms with Crippen LogP contribution in [0.5, 0.6) is 0 Å². The zero-order chi connectivity index (χ0) is 11.1. The van der Waals surface area contributed by atoms with Crippen molar-refractivity contribution in [2.45, 2.75) is 20.3 Å². The van der Waals surface area contributed by atoms with Crippen LogP contribution in [0.3, 0.4) is 0 Å². The molecule has 0 aromatic heterocycles. The Balaban J connectivity index is 3.02. The maximum Gasteiger partial charge on any atom is -0.0185 e. The van der Waals surface area contributed by atoms with Crippen molar-refractivity contribution in [2.24, 2.45) is 0 Å². The number of aryl methyl sites for hydroxylation is 1. The minimum absolute atomic E-state index is 1.08. The zero-order valence-electron chi connectivity index (χ0n) is 9.53. The van der Waals surface area contributed by atoms with Gasteiger partial charge in [0.1, 0.15) is 0 Å². The van der Waals surface area contributed by atoms with Gasteiger partial charge in [0.15, 0.2) is 0 Å². The standard InChI is InChI=1S/C15H18/c1-4-7-10-14(6-3)15-11-8-9-13(5-2)12-15/h4,6-12H,1,5H2,2-3H3/b10-7-,14-6+. The summed E-state index contributed by atoms with van der Waals surface area (Å²) in [4.78, 5) is 0. The summed E-state index contributed by atoms with van der Waals surface area (Å²) in [7, 11) is 0. The van der Waals surface area contributed by atoms with E-state index in [1.807, 2.05) is 6.08 Å². The average Bonchev–Trinajstić information content (AvgIpc) is 2.30. The van der Waals surface area contributed by atoms with Gasteiger partial charge in [0, 0.05) is 0 Å². The number of hydrogen-bond acceptors (Lipinski definition) is 0. The summed E-state index contributed by atoms with van der Waals surface area (Å²) in [6.45, 7) is 7.91. The lowest BCUT2D eigenvalue weighted by Crippen LogP contribution is -1.84. The normalized spacial score (nSPS) is 12.0. The van der Waals surface area contributed by atoms with Crippen molar-refractivity contribution in [3.8, 4) is 0 Å². The molecule has 0 radical (unpaired) electrons. The predicted molar refractivity (Wildman–Crippen MR) is 68.8 cm³/mol. The van der Waals surface area contributed by atoms with Crippen LogP contribution >= 0.6 is 0 Å². The third-order valence-corrected chi connectivity index (χ3v) is 2.39. The lowest BCUT2D eigenvalue weighted by atomic mass is 10.0. The average molecular weight is 198 g/mol. The molecule has 0 unspecified atom stereocenters. The SMILES string of the molecule is C=C/C=C\C(=C/C)c1cccc(CC)c1. The summed E-state index contributed by atoms with van der Waals surface area (Å²) < 4.78 is 0. The van der Waals surface area contributed by atoms with E-state index in [-0.39, 0.29) is 0 Å². The zero-order valence-corrected chi connectivity index (χ0v) is 9.53. The maximum absolute atomic E-state index is 3.68. The highest BCUT2D eigenvalue weighted by molar-refractivity contribution is 5.74. The molecule has 0 aliphatic carbocycles. The second-order valence-electron chi connectivity index (χ2n) is 3.39. The lowest BCUT2D eigenvalue weighted by molar-refractivity contribution is 1.14. The third-order valence-electron chi connectivity index (χ3n) is 2.39. The highest BCUT2D eigenvalue weighted by Gasteiger charge is 1.97. The molecular weight excluding hydrogens is 180 g/mol. The van der Waals surface area contributed by atoms with Gasteiger partial charge in [0.2, 0.25) is 0 Å². The lowest BCUT2D eigenvalue weighted by Gasteiger charge is -2.04. The highest BCUT2D eigenvalue weighted by Crippen LogP contribution is 2.17. The number of hydrogen-bond donors (Lipinski definition) is 0. The van der Waals surface area contributed by atoms with E-state index in [4.69, 9.17) is 0 Å². The van der Waals surface area contributed by atoms with Gasteiger partial charge in [-0.3, -0.25) is 0 Å². The fourth-order valence-corrected chi connectivity index (χ4v) is 1.50. The van der Waals surface area contributed by atoms with Gasteiger partial charge in [-0.1, -0.05) is 62.1 Å². The summed E-state index contributed by atoms with van der Waals surface area (Å²) in [5, 5.41) is 0. The summed E-state index contributed by atoms with van der Waals surface area (Å²) >= 11 is 0. The fraction of sp³-hybridized carbons (Fsp3) is 0.200. The van der Waals surface area contributed by atoms with Gasteiger partial charge in [-0.25, -0.2) is 0 Å². The molecule has 0 bridgehead atoms. The van der Waals surface area contributed by atoms with Crippen LogP contribution in [0.25, 0.3) is 5.57 Å². The van der Waals surface area contributed by atoms with Crippen LogP contribution in [0.2, 0.25) is 0 Å². The Morgan fingerprint density at radius 2 is 2.20 bits per heavy atom. The Bertz CT molecular complexity index is 381. The number of benzene rings is 1. The Hall–Kier alpha value is -1.56. The second kappa shape index (κ2) is 6.02. The van der Waals surface area contributed by atoms with E-state index in [1.165, 1.54) is 16.7 Å². The van der Waals surface area contributed by atoms with E-state index in [2.05, 4.69) is 56.8 Å². The van der Waals surface area contributed by atoms with E-state index in [1.54, 1.807) is 6.08 Å². The molecule has 0 nitrogen and oxygen atoms in total. The Labute approximate surface area is 92.6 Å². The first-order valence-corrected chi connectivity index (χ1v) is 5.36. The van der Waals surface area contributed by atoms with Crippen LogP contribution in [-0.2, 0) is 6.42 Å². The van der Waals surface area contributed by atoms with Gasteiger partial charge in [-0.15, -0.1) is 0 Å². The first kappa shape index (κ1) is 11.5. The van der Waals surface area contributed by atoms with E-state index in [0.717, 1.165) is 6.42 Å². The second-order valence-corrected chi connectivity index (χ2v) is 3.39. The van der Waals surface area contributed by atoms with Crippen LogP contribution in [0, 0.1) is 0 Å².